The Kier molecular flexibility index (Phi) is 9.25. The number of ether oxygens (including phenoxy) is 1. The Morgan fingerprint density at radius 2 is 1.81 bits per heavy atom. The molecule has 1 unspecified atom stereocenters. The summed E-state index contributed by atoms with van der Waals surface area (Å²) in [6.07, 6.45) is -1.00. The quantitative estimate of drug-likeness (QED) is 0.233. The van der Waals surface area contributed by atoms with Crippen molar-refractivity contribution < 1.29 is 39.0 Å². The van der Waals surface area contributed by atoms with Crippen LogP contribution in [0.4, 0.5) is 0 Å². The predicted octanol–water partition coefficient (Wildman–Crippen LogP) is -1.47. The lowest BCUT2D eigenvalue weighted by atomic mass is 10.3. The van der Waals surface area contributed by atoms with Crippen LogP contribution in [0, 0.1) is 0 Å². The van der Waals surface area contributed by atoms with Gasteiger partial charge in [0.25, 0.3) is 0 Å². The molecule has 0 rings (SSSR count). The van der Waals surface area contributed by atoms with Gasteiger partial charge in [0, 0.05) is 5.57 Å². The fourth-order valence-corrected chi connectivity index (χ4v) is 0.348. The SMILES string of the molecule is C=C(C)C(=O)OCC(O)CO.O=P(O)(O)O. The number of esters is 1. The number of hydrogen-bond acceptors (Lipinski definition) is 5. The Hall–Kier alpha value is -0.760. The Morgan fingerprint density at radius 1 is 1.44 bits per heavy atom. The molecule has 0 amide bonds. The fourth-order valence-electron chi connectivity index (χ4n) is 0.348. The Balaban J connectivity index is 0. The number of hydrogen-bond donors (Lipinski definition) is 5. The molecule has 0 heterocycles. The highest BCUT2D eigenvalue weighted by Crippen LogP contribution is 2.25. The third-order valence-electron chi connectivity index (χ3n) is 0.966. The monoisotopic (exact) mass is 258 g/mol. The average Bonchev–Trinajstić information content (AvgIpc) is 2.10. The molecule has 0 aromatic rings. The van der Waals surface area contributed by atoms with Crippen LogP contribution in [0.3, 0.4) is 0 Å². The van der Waals surface area contributed by atoms with Crippen molar-refractivity contribution in [2.45, 2.75) is 13.0 Å². The number of carbonyl (C=O) groups excluding carboxylic acids is 1. The van der Waals surface area contributed by atoms with Gasteiger partial charge in [-0.3, -0.25) is 0 Å². The third kappa shape index (κ3) is 18.9. The van der Waals surface area contributed by atoms with E-state index in [9.17, 15) is 4.79 Å². The second-order valence-electron chi connectivity index (χ2n) is 2.73. The van der Waals surface area contributed by atoms with Crippen LogP contribution in [0.15, 0.2) is 12.2 Å². The second-order valence-corrected chi connectivity index (χ2v) is 3.76. The maximum Gasteiger partial charge on any atom is 0.466 e. The summed E-state index contributed by atoms with van der Waals surface area (Å²) in [5.41, 5.74) is 0.273. The van der Waals surface area contributed by atoms with Gasteiger partial charge in [-0.15, -0.1) is 0 Å². The highest BCUT2D eigenvalue weighted by atomic mass is 31.2. The van der Waals surface area contributed by atoms with Crippen molar-refractivity contribution in [2.24, 2.45) is 0 Å². The molecular weight excluding hydrogens is 243 g/mol. The summed E-state index contributed by atoms with van der Waals surface area (Å²) < 4.78 is 13.4. The van der Waals surface area contributed by atoms with Crippen LogP contribution in [0.5, 0.6) is 0 Å². The molecule has 5 N–H and O–H groups in total. The standard InChI is InChI=1S/C7H12O4.H3O4P/c1-5(2)7(10)11-4-6(9)3-8;1-5(2,3)4/h6,8-9H,1,3-4H2,2H3;(H3,1,2,3,4). The number of phosphoric acid groups is 1. The summed E-state index contributed by atoms with van der Waals surface area (Å²) in [5.74, 6) is -0.558. The highest BCUT2D eigenvalue weighted by Gasteiger charge is 2.07. The van der Waals surface area contributed by atoms with Gasteiger partial charge in [0.15, 0.2) is 0 Å². The summed E-state index contributed by atoms with van der Waals surface area (Å²) in [4.78, 5) is 32.2. The zero-order chi connectivity index (χ0) is 13.4. The van der Waals surface area contributed by atoms with Gasteiger partial charge in [-0.2, -0.15) is 0 Å². The minimum absolute atomic E-state index is 0.192. The highest BCUT2D eigenvalue weighted by molar-refractivity contribution is 7.45. The average molecular weight is 258 g/mol. The van der Waals surface area contributed by atoms with E-state index < -0.39 is 26.5 Å². The van der Waals surface area contributed by atoms with Crippen molar-refractivity contribution in [1.29, 1.82) is 0 Å². The molecule has 0 aliphatic carbocycles. The largest absolute Gasteiger partial charge is 0.466 e. The number of carbonyl (C=O) groups is 1. The van der Waals surface area contributed by atoms with Gasteiger partial charge in [0.2, 0.25) is 0 Å². The molecule has 9 heteroatoms. The van der Waals surface area contributed by atoms with E-state index in [2.05, 4.69) is 11.3 Å². The molecule has 16 heavy (non-hydrogen) atoms. The van der Waals surface area contributed by atoms with Gasteiger partial charge in [-0.25, -0.2) is 9.36 Å². The smallest absolute Gasteiger partial charge is 0.460 e. The van der Waals surface area contributed by atoms with Gasteiger partial charge >= 0.3 is 13.8 Å². The number of rotatable bonds is 4. The van der Waals surface area contributed by atoms with Gasteiger partial charge < -0.3 is 29.6 Å². The van der Waals surface area contributed by atoms with Crippen molar-refractivity contribution in [3.8, 4) is 0 Å². The van der Waals surface area contributed by atoms with Crippen LogP contribution in [-0.2, 0) is 14.1 Å². The van der Waals surface area contributed by atoms with Crippen molar-refractivity contribution in [2.75, 3.05) is 13.2 Å². The van der Waals surface area contributed by atoms with E-state index in [0.29, 0.717) is 0 Å². The molecule has 96 valence electrons. The molecule has 0 aromatic carbocycles. The zero-order valence-corrected chi connectivity index (χ0v) is 9.50. The van der Waals surface area contributed by atoms with E-state index >= 15 is 0 Å². The topological polar surface area (TPSA) is 145 Å². The predicted molar refractivity (Wildman–Crippen MR) is 53.1 cm³/mol. The maximum absolute atomic E-state index is 10.6. The van der Waals surface area contributed by atoms with E-state index in [0.717, 1.165) is 0 Å². The molecule has 0 saturated heterocycles. The molecule has 0 aromatic heterocycles. The summed E-state index contributed by atoms with van der Waals surface area (Å²) in [5, 5.41) is 17.1. The van der Waals surface area contributed by atoms with E-state index in [1.807, 2.05) is 0 Å². The molecule has 1 atom stereocenters. The van der Waals surface area contributed by atoms with Crippen molar-refractivity contribution >= 4 is 13.8 Å². The first-order chi connectivity index (χ1) is 7.07. The lowest BCUT2D eigenvalue weighted by Crippen LogP contribution is -2.22. The van der Waals surface area contributed by atoms with Crippen LogP contribution in [0.25, 0.3) is 0 Å². The van der Waals surface area contributed by atoms with Gasteiger partial charge in [-0.05, 0) is 6.92 Å². The van der Waals surface area contributed by atoms with E-state index in [4.69, 9.17) is 29.5 Å². The molecule has 0 radical (unpaired) electrons. The Morgan fingerprint density at radius 3 is 2.06 bits per heavy atom. The molecule has 8 nitrogen and oxygen atoms in total. The van der Waals surface area contributed by atoms with Gasteiger partial charge in [0.1, 0.15) is 12.7 Å². The molecule has 0 aliphatic heterocycles. The fraction of sp³-hybridized carbons (Fsp3) is 0.571. The van der Waals surface area contributed by atoms with Gasteiger partial charge in [0.05, 0.1) is 6.61 Å². The first kappa shape index (κ1) is 17.6. The summed E-state index contributed by atoms with van der Waals surface area (Å²) >= 11 is 0. The van der Waals surface area contributed by atoms with E-state index in [1.165, 1.54) is 6.92 Å². The summed E-state index contributed by atoms with van der Waals surface area (Å²) in [6.45, 7) is 4.24. The molecular formula is C7H15O8P. The van der Waals surface area contributed by atoms with Crippen molar-refractivity contribution in [3.63, 3.8) is 0 Å². The number of aliphatic hydroxyl groups is 2. The van der Waals surface area contributed by atoms with Gasteiger partial charge in [-0.1, -0.05) is 6.58 Å². The maximum atomic E-state index is 10.6. The van der Waals surface area contributed by atoms with Crippen LogP contribution in [-0.4, -0.2) is 50.2 Å². The molecule has 0 saturated carbocycles. The molecule has 0 spiro atoms. The molecule has 0 aliphatic rings. The lowest BCUT2D eigenvalue weighted by Gasteiger charge is -2.07. The van der Waals surface area contributed by atoms with Crippen molar-refractivity contribution in [1.82, 2.24) is 0 Å². The first-order valence-corrected chi connectivity index (χ1v) is 5.54. The lowest BCUT2D eigenvalue weighted by molar-refractivity contribution is -0.142. The van der Waals surface area contributed by atoms with E-state index in [-0.39, 0.29) is 12.2 Å². The van der Waals surface area contributed by atoms with Crippen LogP contribution < -0.4 is 0 Å². The zero-order valence-electron chi connectivity index (χ0n) is 8.61. The molecule has 0 fully saturated rings. The minimum atomic E-state index is -4.64. The third-order valence-corrected chi connectivity index (χ3v) is 0.966. The summed E-state index contributed by atoms with van der Waals surface area (Å²) in [6, 6.07) is 0. The Bertz CT molecular complexity index is 261. The van der Waals surface area contributed by atoms with E-state index in [1.54, 1.807) is 0 Å². The van der Waals surface area contributed by atoms with Crippen molar-refractivity contribution in [3.05, 3.63) is 12.2 Å². The van der Waals surface area contributed by atoms with Crippen LogP contribution in [0.1, 0.15) is 6.92 Å². The Labute approximate surface area is 92.0 Å². The normalized spacial score (nSPS) is 12.1. The summed E-state index contributed by atoms with van der Waals surface area (Å²) in [7, 11) is -4.64. The number of aliphatic hydroxyl groups excluding tert-OH is 2. The van der Waals surface area contributed by atoms with Crippen LogP contribution in [0.2, 0.25) is 0 Å². The first-order valence-electron chi connectivity index (χ1n) is 3.97. The molecule has 0 bridgehead atoms. The second kappa shape index (κ2) is 8.40. The minimum Gasteiger partial charge on any atom is -0.460 e. The van der Waals surface area contributed by atoms with Crippen LogP contribution >= 0.6 is 7.82 Å².